The molecular weight excluding hydrogens is 883 g/mol. The van der Waals surface area contributed by atoms with Gasteiger partial charge in [0.2, 0.25) is 17.8 Å². The molecule has 5 fully saturated rings. The van der Waals surface area contributed by atoms with Crippen LogP contribution in [-0.4, -0.2) is 123 Å². The Labute approximate surface area is 410 Å². The van der Waals surface area contributed by atoms with Crippen LogP contribution in [0.3, 0.4) is 0 Å². The molecule has 2 aromatic carbocycles. The minimum Gasteiger partial charge on any atom is -0.507 e. The average Bonchev–Trinajstić information content (AvgIpc) is 3.97. The number of H-pyrrole nitrogens is 1. The normalized spacial score (nSPS) is 22.9. The van der Waals surface area contributed by atoms with Crippen LogP contribution in [0, 0.1) is 23.2 Å². The topological polar surface area (TPSA) is 211 Å². The summed E-state index contributed by atoms with van der Waals surface area (Å²) in [6, 6.07) is 13.4. The standard InChI is InChI=1S/C54H67N11O5/c1-4-35-11-13-36(14-12-35)29-57-49(67)44-9-7-20-65(44)50(68)47(53(3)18-24-70-25-19-53)61-52(69)63-32-54(33-63)27-39(28-54)62-21-15-37(16-22-62)38-30-58-51(59-31-38)64-23-17-43-46(34(64)2)41(48(56)60-43)26-42(55)40-8-5-6-10-45(40)66/h1,5-6,8,10-14,26,30-31,34,37,39,44,47,60,66H,7,9,15-25,27-29,32-33,55-56H2,2-3H3,(H,57,67)(H,61,69)/b42-26-/t34?,44-,47?/m0/s1. The van der Waals surface area contributed by atoms with Crippen molar-refractivity contribution in [2.45, 2.75) is 108 Å². The second kappa shape index (κ2) is 19.3. The van der Waals surface area contributed by atoms with Crippen LogP contribution >= 0.6 is 0 Å². The van der Waals surface area contributed by atoms with Gasteiger partial charge in [0.05, 0.1) is 6.04 Å². The van der Waals surface area contributed by atoms with Crippen LogP contribution in [0.4, 0.5) is 16.6 Å². The number of hydrogen-bond acceptors (Lipinski definition) is 11. The number of aromatic amines is 1. The summed E-state index contributed by atoms with van der Waals surface area (Å²) in [5.41, 5.74) is 19.4. The van der Waals surface area contributed by atoms with E-state index in [4.69, 9.17) is 32.6 Å². The van der Waals surface area contributed by atoms with Crippen LogP contribution in [0.1, 0.15) is 116 Å². The number of carbonyl (C=O) groups is 3. The Morgan fingerprint density at radius 2 is 1.73 bits per heavy atom. The van der Waals surface area contributed by atoms with Gasteiger partial charge in [-0.15, -0.1) is 6.42 Å². The van der Waals surface area contributed by atoms with Gasteiger partial charge < -0.3 is 56.5 Å². The van der Waals surface area contributed by atoms with Crippen LogP contribution in [0.25, 0.3) is 11.8 Å². The molecule has 0 bridgehead atoms. The van der Waals surface area contributed by atoms with Gasteiger partial charge in [0.15, 0.2) is 0 Å². The maximum Gasteiger partial charge on any atom is 0.318 e. The maximum absolute atomic E-state index is 14.5. The zero-order chi connectivity index (χ0) is 48.7. The summed E-state index contributed by atoms with van der Waals surface area (Å²) < 4.78 is 5.70. The highest BCUT2D eigenvalue weighted by Gasteiger charge is 2.56. The molecule has 16 heteroatoms. The summed E-state index contributed by atoms with van der Waals surface area (Å²) in [5.74, 6) is 3.98. The van der Waals surface area contributed by atoms with Gasteiger partial charge in [0.25, 0.3) is 0 Å². The first-order valence-corrected chi connectivity index (χ1v) is 25.2. The number of aromatic hydroxyl groups is 1. The lowest BCUT2D eigenvalue weighted by Gasteiger charge is -2.61. The van der Waals surface area contributed by atoms with E-state index in [9.17, 15) is 19.5 Å². The number of nitrogens with one attached hydrogen (secondary N) is 3. The molecule has 70 heavy (non-hydrogen) atoms. The number of hydrogen-bond donors (Lipinski definition) is 6. The number of nitrogen functional groups attached to an aromatic ring is 1. The number of benzene rings is 2. The summed E-state index contributed by atoms with van der Waals surface area (Å²) in [7, 11) is 0. The summed E-state index contributed by atoms with van der Waals surface area (Å²) in [6.45, 7) is 10.2. The summed E-state index contributed by atoms with van der Waals surface area (Å²) in [5, 5.41) is 16.6. The molecule has 1 saturated carbocycles. The number of ether oxygens (including phenoxy) is 1. The number of piperidine rings is 1. The Morgan fingerprint density at radius 1 is 1.01 bits per heavy atom. The van der Waals surface area contributed by atoms with Crippen molar-refractivity contribution in [2.75, 3.05) is 63.1 Å². The quantitative estimate of drug-likeness (QED) is 0.103. The van der Waals surface area contributed by atoms with E-state index in [0.717, 1.165) is 86.1 Å². The lowest BCUT2D eigenvalue weighted by Crippen LogP contribution is -2.70. The number of fused-ring (bicyclic) bond motifs is 1. The Bertz CT molecular complexity index is 2650. The molecule has 10 rings (SSSR count). The first kappa shape index (κ1) is 47.1. The minimum absolute atomic E-state index is 0.0512. The van der Waals surface area contributed by atoms with Gasteiger partial charge in [-0.1, -0.05) is 37.1 Å². The van der Waals surface area contributed by atoms with Crippen molar-refractivity contribution < 1.29 is 24.2 Å². The Morgan fingerprint density at radius 3 is 2.43 bits per heavy atom. The van der Waals surface area contributed by atoms with Gasteiger partial charge in [0.1, 0.15) is 23.7 Å². The third kappa shape index (κ3) is 9.17. The molecule has 1 aliphatic carbocycles. The number of amides is 4. The zero-order valence-corrected chi connectivity index (χ0v) is 40.5. The number of phenols is 1. The molecular formula is C54H67N11O5. The molecule has 8 N–H and O–H groups in total. The van der Waals surface area contributed by atoms with Crippen molar-refractivity contribution in [1.29, 1.82) is 0 Å². The number of rotatable bonds is 11. The molecule has 2 unspecified atom stereocenters. The third-order valence-electron chi connectivity index (χ3n) is 16.6. The fraction of sp³-hybridized carbons (Fsp3) is 0.500. The van der Waals surface area contributed by atoms with Gasteiger partial charge in [-0.2, -0.15) is 0 Å². The number of para-hydroxylation sites is 1. The number of aromatic nitrogens is 3. The molecule has 3 atom stereocenters. The van der Waals surface area contributed by atoms with Crippen LogP contribution in [0.2, 0.25) is 0 Å². The molecule has 0 radical (unpaired) electrons. The molecule has 5 aliphatic heterocycles. The van der Waals surface area contributed by atoms with E-state index in [2.05, 4.69) is 45.2 Å². The van der Waals surface area contributed by atoms with Crippen molar-refractivity contribution in [3.63, 3.8) is 0 Å². The number of nitrogens with zero attached hydrogens (tertiary/aromatic N) is 6. The Kier molecular flexibility index (Phi) is 13.0. The van der Waals surface area contributed by atoms with Gasteiger partial charge >= 0.3 is 6.03 Å². The molecule has 4 amide bonds. The van der Waals surface area contributed by atoms with Gasteiger partial charge in [-0.05, 0) is 119 Å². The van der Waals surface area contributed by atoms with Crippen molar-refractivity contribution in [1.82, 2.24) is 40.3 Å². The molecule has 4 saturated heterocycles. The first-order chi connectivity index (χ1) is 33.8. The number of terminal acetylenes is 1. The van der Waals surface area contributed by atoms with E-state index in [0.29, 0.717) is 93.6 Å². The van der Waals surface area contributed by atoms with Crippen LogP contribution in [0.5, 0.6) is 5.75 Å². The van der Waals surface area contributed by atoms with Crippen LogP contribution in [0.15, 0.2) is 60.9 Å². The van der Waals surface area contributed by atoms with E-state index in [-0.39, 0.29) is 35.1 Å². The van der Waals surface area contributed by atoms with E-state index in [1.54, 1.807) is 23.1 Å². The number of nitrogens with two attached hydrogens (primary N) is 2. The van der Waals surface area contributed by atoms with Crippen LogP contribution in [-0.2, 0) is 27.3 Å². The van der Waals surface area contributed by atoms with E-state index in [1.165, 1.54) is 5.56 Å². The third-order valence-corrected chi connectivity index (χ3v) is 16.6. The van der Waals surface area contributed by atoms with Crippen molar-refractivity contribution in [3.8, 4) is 18.1 Å². The summed E-state index contributed by atoms with van der Waals surface area (Å²) in [4.78, 5) is 63.7. The average molecular weight is 950 g/mol. The van der Waals surface area contributed by atoms with Crippen molar-refractivity contribution in [3.05, 3.63) is 100.0 Å². The lowest BCUT2D eigenvalue weighted by molar-refractivity contribution is -0.144. The summed E-state index contributed by atoms with van der Waals surface area (Å²) >= 11 is 0. The molecule has 368 valence electrons. The molecule has 6 aliphatic rings. The minimum atomic E-state index is -0.762. The SMILES string of the molecule is C#Cc1ccc(CNC(=O)[C@@H]2CCCN2C(=O)C(NC(=O)N2CC3(CC(N4CCC(c5cnc(N6CCc7[nH]c(N)c(/C=C(\N)c8ccccc8O)c7C6C)nc5)CC4)C3)C2)C2(C)CCOCC2)cc1. The van der Waals surface area contributed by atoms with Crippen molar-refractivity contribution >= 4 is 41.4 Å². The predicted octanol–water partition coefficient (Wildman–Crippen LogP) is 5.50. The molecule has 4 aromatic rings. The molecule has 2 aromatic heterocycles. The highest BCUT2D eigenvalue weighted by molar-refractivity contribution is 5.93. The number of anilines is 2. The second-order valence-corrected chi connectivity index (χ2v) is 21.0. The number of carbonyl (C=O) groups excluding carboxylic acids is 3. The number of phenolic OH excluding ortho intramolecular Hbond substituents is 1. The van der Waals surface area contributed by atoms with Crippen molar-refractivity contribution in [2.24, 2.45) is 16.6 Å². The van der Waals surface area contributed by atoms with E-state index >= 15 is 0 Å². The Hall–Kier alpha value is -6.57. The number of likely N-dealkylation sites (tertiary alicyclic amines) is 3. The van der Waals surface area contributed by atoms with E-state index < -0.39 is 17.5 Å². The smallest absolute Gasteiger partial charge is 0.318 e. The predicted molar refractivity (Wildman–Crippen MR) is 269 cm³/mol. The molecule has 16 nitrogen and oxygen atoms in total. The highest BCUT2D eigenvalue weighted by Crippen LogP contribution is 2.51. The maximum atomic E-state index is 14.5. The number of urea groups is 1. The summed E-state index contributed by atoms with van der Waals surface area (Å²) in [6.07, 6.45) is 18.9. The fourth-order valence-corrected chi connectivity index (χ4v) is 12.3. The fourth-order valence-electron chi connectivity index (χ4n) is 12.3. The molecule has 7 heterocycles. The van der Waals surface area contributed by atoms with Gasteiger partial charge in [-0.3, -0.25) is 9.59 Å². The van der Waals surface area contributed by atoms with Gasteiger partial charge in [0, 0.05) is 115 Å². The Balaban J connectivity index is 0.703. The first-order valence-electron chi connectivity index (χ1n) is 25.2. The largest absolute Gasteiger partial charge is 0.507 e. The lowest BCUT2D eigenvalue weighted by atomic mass is 9.60. The molecule has 1 spiro atoms. The van der Waals surface area contributed by atoms with Gasteiger partial charge in [-0.25, -0.2) is 14.8 Å². The van der Waals surface area contributed by atoms with E-state index in [1.807, 2.05) is 53.7 Å². The monoisotopic (exact) mass is 950 g/mol. The highest BCUT2D eigenvalue weighted by atomic mass is 16.5. The van der Waals surface area contributed by atoms with Crippen LogP contribution < -0.4 is 27.0 Å². The zero-order valence-electron chi connectivity index (χ0n) is 40.5. The second-order valence-electron chi connectivity index (χ2n) is 21.0.